The first-order valence-corrected chi connectivity index (χ1v) is 8.48. The molecule has 2 heterocycles. The average molecular weight is 312 g/mol. The zero-order valence-corrected chi connectivity index (χ0v) is 14.4. The van der Waals surface area contributed by atoms with Crippen molar-refractivity contribution < 1.29 is 0 Å². The maximum Gasteiger partial charge on any atom is 0.125 e. The van der Waals surface area contributed by atoms with Gasteiger partial charge in [-0.1, -0.05) is 26.8 Å². The predicted octanol–water partition coefficient (Wildman–Crippen LogP) is 3.87. The quantitative estimate of drug-likeness (QED) is 0.841. The first-order valence-electron chi connectivity index (χ1n) is 8.48. The number of hydrogen-bond donors (Lipinski definition) is 2. The Hall–Kier alpha value is -2.23. The van der Waals surface area contributed by atoms with Gasteiger partial charge in [-0.15, -0.1) is 0 Å². The smallest absolute Gasteiger partial charge is 0.125 e. The van der Waals surface area contributed by atoms with Crippen molar-refractivity contribution in [2.45, 2.75) is 20.8 Å². The molecule has 4 heteroatoms. The summed E-state index contributed by atoms with van der Waals surface area (Å²) in [4.78, 5) is 6.75. The molecule has 3 N–H and O–H groups in total. The molecule has 2 aromatic rings. The summed E-state index contributed by atoms with van der Waals surface area (Å²) in [6.07, 6.45) is 1.82. The van der Waals surface area contributed by atoms with Crippen LogP contribution in [-0.4, -0.2) is 24.6 Å². The molecular formula is C19H28N4. The summed E-state index contributed by atoms with van der Waals surface area (Å²) in [5.74, 6) is 2.25. The average Bonchev–Trinajstić information content (AvgIpc) is 2.97. The first-order chi connectivity index (χ1) is 11.2. The number of nitrogens with zero attached hydrogens (tertiary/aromatic N) is 2. The Morgan fingerprint density at radius 1 is 1.13 bits per heavy atom. The molecule has 4 nitrogen and oxygen atoms in total. The molecule has 0 unspecified atom stereocenters. The van der Waals surface area contributed by atoms with E-state index in [-0.39, 0.29) is 0 Å². The van der Waals surface area contributed by atoms with E-state index in [0.717, 1.165) is 31.1 Å². The molecule has 2 atom stereocenters. The molecule has 1 aromatic carbocycles. The van der Waals surface area contributed by atoms with E-state index in [4.69, 9.17) is 5.73 Å². The summed E-state index contributed by atoms with van der Waals surface area (Å²) in [5.41, 5.74) is 7.84. The zero-order valence-electron chi connectivity index (χ0n) is 14.4. The topological polar surface area (TPSA) is 54.2 Å². The predicted molar refractivity (Wildman–Crippen MR) is 99.8 cm³/mol. The van der Waals surface area contributed by atoms with Gasteiger partial charge in [0, 0.05) is 37.2 Å². The SMILES string of the molecule is CC.C[C@@H]1CN(c2ccc(N)cc2)C[C@H]1CNc1ccccn1. The van der Waals surface area contributed by atoms with Gasteiger partial charge in [0.2, 0.25) is 0 Å². The zero-order chi connectivity index (χ0) is 16.7. The molecular weight excluding hydrogens is 284 g/mol. The Labute approximate surface area is 139 Å². The molecule has 1 aromatic heterocycles. The highest BCUT2D eigenvalue weighted by atomic mass is 15.2. The number of anilines is 3. The van der Waals surface area contributed by atoms with Crippen LogP contribution in [0.1, 0.15) is 20.8 Å². The van der Waals surface area contributed by atoms with E-state index in [2.05, 4.69) is 34.3 Å². The van der Waals surface area contributed by atoms with E-state index >= 15 is 0 Å². The van der Waals surface area contributed by atoms with Gasteiger partial charge < -0.3 is 16.0 Å². The summed E-state index contributed by atoms with van der Waals surface area (Å²) in [5, 5.41) is 3.44. The minimum atomic E-state index is 0.629. The molecule has 124 valence electrons. The van der Waals surface area contributed by atoms with Gasteiger partial charge in [-0.2, -0.15) is 0 Å². The highest BCUT2D eigenvalue weighted by Gasteiger charge is 2.29. The minimum Gasteiger partial charge on any atom is -0.399 e. The van der Waals surface area contributed by atoms with Crippen molar-refractivity contribution in [3.8, 4) is 0 Å². The van der Waals surface area contributed by atoms with Gasteiger partial charge in [0.1, 0.15) is 5.82 Å². The van der Waals surface area contributed by atoms with E-state index in [1.165, 1.54) is 5.69 Å². The molecule has 1 aliphatic rings. The molecule has 1 saturated heterocycles. The second-order valence-electron chi connectivity index (χ2n) is 5.83. The fourth-order valence-corrected chi connectivity index (χ4v) is 2.90. The number of benzene rings is 1. The number of hydrogen-bond acceptors (Lipinski definition) is 4. The fourth-order valence-electron chi connectivity index (χ4n) is 2.90. The molecule has 0 amide bonds. The standard InChI is InChI=1S/C17H22N4.C2H6/c1-13-11-21(16-7-5-15(18)6-8-16)12-14(13)10-20-17-4-2-3-9-19-17;1-2/h2-9,13-14H,10-12,18H2,1H3,(H,19,20);1-2H3/t13-,14-;/m1./s1. The van der Waals surface area contributed by atoms with Crippen LogP contribution in [0.5, 0.6) is 0 Å². The number of nitrogens with one attached hydrogen (secondary N) is 1. The van der Waals surface area contributed by atoms with Crippen LogP contribution in [0.25, 0.3) is 0 Å². The largest absolute Gasteiger partial charge is 0.399 e. The van der Waals surface area contributed by atoms with Crippen LogP contribution in [0.3, 0.4) is 0 Å². The lowest BCUT2D eigenvalue weighted by Gasteiger charge is -2.19. The number of rotatable bonds is 4. The normalized spacial score (nSPS) is 19.9. The Kier molecular flexibility index (Phi) is 6.27. The van der Waals surface area contributed by atoms with Gasteiger partial charge in [-0.3, -0.25) is 0 Å². The van der Waals surface area contributed by atoms with Crippen molar-refractivity contribution >= 4 is 17.2 Å². The third-order valence-corrected chi connectivity index (χ3v) is 4.24. The van der Waals surface area contributed by atoms with Gasteiger partial charge in [0.15, 0.2) is 0 Å². The summed E-state index contributed by atoms with van der Waals surface area (Å²) >= 11 is 0. The van der Waals surface area contributed by atoms with E-state index in [1.807, 2.05) is 50.4 Å². The van der Waals surface area contributed by atoms with Crippen LogP contribution < -0.4 is 16.0 Å². The number of nitrogen functional groups attached to an aromatic ring is 1. The van der Waals surface area contributed by atoms with Crippen LogP contribution in [0.2, 0.25) is 0 Å². The van der Waals surface area contributed by atoms with Crippen molar-refractivity contribution in [2.24, 2.45) is 11.8 Å². The monoisotopic (exact) mass is 312 g/mol. The van der Waals surface area contributed by atoms with E-state index in [9.17, 15) is 0 Å². The molecule has 1 fully saturated rings. The summed E-state index contributed by atoms with van der Waals surface area (Å²) in [6.45, 7) is 9.45. The highest BCUT2D eigenvalue weighted by Crippen LogP contribution is 2.28. The number of pyridine rings is 1. The second kappa shape index (κ2) is 8.42. The lowest BCUT2D eigenvalue weighted by Crippen LogP contribution is -2.23. The third kappa shape index (κ3) is 4.62. The van der Waals surface area contributed by atoms with Crippen LogP contribution >= 0.6 is 0 Å². The highest BCUT2D eigenvalue weighted by molar-refractivity contribution is 5.53. The molecule has 3 rings (SSSR count). The number of nitrogens with two attached hydrogens (primary N) is 1. The molecule has 1 aliphatic heterocycles. The minimum absolute atomic E-state index is 0.629. The van der Waals surface area contributed by atoms with Crippen molar-refractivity contribution in [2.75, 3.05) is 35.6 Å². The summed E-state index contributed by atoms with van der Waals surface area (Å²) in [6, 6.07) is 14.1. The van der Waals surface area contributed by atoms with Crippen LogP contribution in [-0.2, 0) is 0 Å². The van der Waals surface area contributed by atoms with Crippen LogP contribution in [0, 0.1) is 11.8 Å². The Morgan fingerprint density at radius 2 is 1.87 bits per heavy atom. The van der Waals surface area contributed by atoms with Crippen molar-refractivity contribution in [1.82, 2.24) is 4.98 Å². The van der Waals surface area contributed by atoms with E-state index in [1.54, 1.807) is 0 Å². The van der Waals surface area contributed by atoms with Crippen molar-refractivity contribution in [3.05, 3.63) is 48.7 Å². The van der Waals surface area contributed by atoms with E-state index in [0.29, 0.717) is 11.8 Å². The lowest BCUT2D eigenvalue weighted by atomic mass is 9.98. The Bertz CT molecular complexity index is 568. The van der Waals surface area contributed by atoms with E-state index < -0.39 is 0 Å². The maximum absolute atomic E-state index is 5.76. The van der Waals surface area contributed by atoms with Gasteiger partial charge in [-0.25, -0.2) is 4.98 Å². The maximum atomic E-state index is 5.76. The van der Waals surface area contributed by atoms with Crippen molar-refractivity contribution in [3.63, 3.8) is 0 Å². The van der Waals surface area contributed by atoms with Crippen molar-refractivity contribution in [1.29, 1.82) is 0 Å². The molecule has 23 heavy (non-hydrogen) atoms. The Morgan fingerprint density at radius 3 is 2.52 bits per heavy atom. The van der Waals surface area contributed by atoms with Crippen LogP contribution in [0.4, 0.5) is 17.2 Å². The second-order valence-corrected chi connectivity index (χ2v) is 5.83. The van der Waals surface area contributed by atoms with Gasteiger partial charge in [-0.05, 0) is 48.2 Å². The molecule has 0 bridgehead atoms. The van der Waals surface area contributed by atoms with Crippen LogP contribution in [0.15, 0.2) is 48.7 Å². The molecule has 0 radical (unpaired) electrons. The molecule has 0 aliphatic carbocycles. The lowest BCUT2D eigenvalue weighted by molar-refractivity contribution is 0.474. The third-order valence-electron chi connectivity index (χ3n) is 4.24. The molecule has 0 spiro atoms. The first kappa shape index (κ1) is 17.1. The van der Waals surface area contributed by atoms with Gasteiger partial charge >= 0.3 is 0 Å². The number of aromatic nitrogens is 1. The molecule has 0 saturated carbocycles. The summed E-state index contributed by atoms with van der Waals surface area (Å²) in [7, 11) is 0. The summed E-state index contributed by atoms with van der Waals surface area (Å²) < 4.78 is 0. The Balaban J connectivity index is 0.000000924. The van der Waals surface area contributed by atoms with Gasteiger partial charge in [0.05, 0.1) is 0 Å². The fraction of sp³-hybridized carbons (Fsp3) is 0.421. The van der Waals surface area contributed by atoms with Gasteiger partial charge in [0.25, 0.3) is 0 Å².